The quantitative estimate of drug-likeness (QED) is 0.505. The SMILES string of the molecule is Cc1noc(C)c1-c1cc(C(O)(c2ccccn2)C2CC2)c2nc(C3CC3)[nH]c2c1. The maximum atomic E-state index is 12.2. The molecule has 30 heavy (non-hydrogen) atoms. The summed E-state index contributed by atoms with van der Waals surface area (Å²) in [5, 5.41) is 16.3. The average molecular weight is 400 g/mol. The molecule has 0 aliphatic heterocycles. The second-order valence-electron chi connectivity index (χ2n) is 8.77. The zero-order chi connectivity index (χ0) is 20.5. The molecule has 3 heterocycles. The summed E-state index contributed by atoms with van der Waals surface area (Å²) >= 11 is 0. The van der Waals surface area contributed by atoms with E-state index in [4.69, 9.17) is 9.51 Å². The van der Waals surface area contributed by atoms with E-state index in [-0.39, 0.29) is 5.92 Å². The Morgan fingerprint density at radius 3 is 2.60 bits per heavy atom. The lowest BCUT2D eigenvalue weighted by atomic mass is 9.82. The smallest absolute Gasteiger partial charge is 0.141 e. The van der Waals surface area contributed by atoms with Gasteiger partial charge >= 0.3 is 0 Å². The van der Waals surface area contributed by atoms with Gasteiger partial charge in [-0.2, -0.15) is 0 Å². The molecular weight excluding hydrogens is 376 g/mol. The lowest BCUT2D eigenvalue weighted by molar-refractivity contribution is 0.0533. The van der Waals surface area contributed by atoms with Gasteiger partial charge in [-0.15, -0.1) is 0 Å². The van der Waals surface area contributed by atoms with Gasteiger partial charge in [-0.1, -0.05) is 11.2 Å². The molecule has 4 aromatic rings. The molecule has 6 heteroatoms. The number of imidazole rings is 1. The minimum Gasteiger partial charge on any atom is -0.378 e. The van der Waals surface area contributed by atoms with Crippen LogP contribution in [0.4, 0.5) is 0 Å². The molecule has 3 aromatic heterocycles. The summed E-state index contributed by atoms with van der Waals surface area (Å²) in [6.45, 7) is 3.87. The van der Waals surface area contributed by atoms with Crippen molar-refractivity contribution in [1.29, 1.82) is 0 Å². The Balaban J connectivity index is 1.65. The zero-order valence-corrected chi connectivity index (χ0v) is 17.1. The van der Waals surface area contributed by atoms with Gasteiger partial charge in [-0.05, 0) is 75.3 Å². The fourth-order valence-corrected chi connectivity index (χ4v) is 4.67. The van der Waals surface area contributed by atoms with Gasteiger partial charge in [0.05, 0.1) is 22.4 Å². The van der Waals surface area contributed by atoms with Gasteiger partial charge in [-0.3, -0.25) is 4.98 Å². The third kappa shape index (κ3) is 2.63. The van der Waals surface area contributed by atoms with E-state index in [0.717, 1.165) is 57.8 Å². The summed E-state index contributed by atoms with van der Waals surface area (Å²) in [6, 6.07) is 9.91. The van der Waals surface area contributed by atoms with Crippen LogP contribution in [0.25, 0.3) is 22.2 Å². The number of rotatable bonds is 5. The lowest BCUT2D eigenvalue weighted by Crippen LogP contribution is -2.31. The van der Waals surface area contributed by atoms with Gasteiger partial charge in [0.15, 0.2) is 0 Å². The van der Waals surface area contributed by atoms with Crippen LogP contribution >= 0.6 is 0 Å². The van der Waals surface area contributed by atoms with Crippen LogP contribution in [0.3, 0.4) is 0 Å². The maximum Gasteiger partial charge on any atom is 0.141 e. The number of aromatic amines is 1. The highest BCUT2D eigenvalue weighted by molar-refractivity contribution is 5.87. The van der Waals surface area contributed by atoms with E-state index >= 15 is 0 Å². The second-order valence-corrected chi connectivity index (χ2v) is 8.77. The summed E-state index contributed by atoms with van der Waals surface area (Å²) in [5.74, 6) is 2.42. The van der Waals surface area contributed by atoms with Gasteiger partial charge in [0.1, 0.15) is 17.2 Å². The minimum atomic E-state index is -1.18. The Kier molecular flexibility index (Phi) is 3.72. The fraction of sp³-hybridized carbons (Fsp3) is 0.375. The number of aliphatic hydroxyl groups is 1. The molecule has 0 spiro atoms. The third-order valence-corrected chi connectivity index (χ3v) is 6.53. The molecule has 1 aromatic carbocycles. The summed E-state index contributed by atoms with van der Waals surface area (Å²) in [6.07, 6.45) is 6.03. The molecule has 0 bridgehead atoms. The highest BCUT2D eigenvalue weighted by atomic mass is 16.5. The normalized spacial score (nSPS) is 18.6. The summed E-state index contributed by atoms with van der Waals surface area (Å²) in [7, 11) is 0. The first-order valence-corrected chi connectivity index (χ1v) is 10.7. The Morgan fingerprint density at radius 1 is 1.13 bits per heavy atom. The van der Waals surface area contributed by atoms with Gasteiger partial charge in [0, 0.05) is 23.2 Å². The Morgan fingerprint density at radius 2 is 1.97 bits per heavy atom. The molecule has 1 atom stereocenters. The van der Waals surface area contributed by atoms with Gasteiger partial charge < -0.3 is 14.6 Å². The van der Waals surface area contributed by atoms with E-state index in [0.29, 0.717) is 11.6 Å². The van der Waals surface area contributed by atoms with E-state index in [9.17, 15) is 5.11 Å². The zero-order valence-electron chi connectivity index (χ0n) is 17.1. The van der Waals surface area contributed by atoms with Gasteiger partial charge in [-0.25, -0.2) is 4.98 Å². The van der Waals surface area contributed by atoms with Crippen molar-refractivity contribution in [2.75, 3.05) is 0 Å². The third-order valence-electron chi connectivity index (χ3n) is 6.53. The molecule has 0 saturated heterocycles. The van der Waals surface area contributed by atoms with Crippen LogP contribution in [0.5, 0.6) is 0 Å². The van der Waals surface area contributed by atoms with Crippen molar-refractivity contribution in [2.45, 2.75) is 51.0 Å². The van der Waals surface area contributed by atoms with E-state index < -0.39 is 5.60 Å². The molecule has 1 unspecified atom stereocenters. The van der Waals surface area contributed by atoms with Gasteiger partial charge in [0.2, 0.25) is 0 Å². The number of nitrogens with one attached hydrogen (secondary N) is 1. The topological polar surface area (TPSA) is 87.8 Å². The number of pyridine rings is 1. The standard InChI is InChI=1S/C24H24N4O2/c1-13-21(14(2)30-28-13)16-11-18(22-19(12-16)26-23(27-22)15-6-7-15)24(29,17-8-9-17)20-5-3-4-10-25-20/h3-5,10-12,15,17,29H,6-9H2,1-2H3,(H,26,27). The van der Waals surface area contributed by atoms with Crippen LogP contribution in [0.15, 0.2) is 41.1 Å². The molecule has 2 N–H and O–H groups in total. The summed E-state index contributed by atoms with van der Waals surface area (Å²) in [5.41, 5.74) is 4.90. The lowest BCUT2D eigenvalue weighted by Gasteiger charge is -2.29. The second kappa shape index (κ2) is 6.25. The number of benzene rings is 1. The van der Waals surface area contributed by atoms with Crippen molar-refractivity contribution in [2.24, 2.45) is 5.92 Å². The van der Waals surface area contributed by atoms with E-state index in [1.807, 2.05) is 32.0 Å². The molecule has 6 nitrogen and oxygen atoms in total. The highest BCUT2D eigenvalue weighted by Gasteiger charge is 2.49. The molecule has 0 amide bonds. The molecule has 0 radical (unpaired) electrons. The van der Waals surface area contributed by atoms with Crippen LogP contribution in [-0.4, -0.2) is 25.2 Å². The van der Waals surface area contributed by atoms with Crippen LogP contribution < -0.4 is 0 Å². The number of nitrogens with zero attached hydrogens (tertiary/aromatic N) is 3. The molecule has 6 rings (SSSR count). The minimum absolute atomic E-state index is 0.136. The highest BCUT2D eigenvalue weighted by Crippen LogP contribution is 2.51. The number of hydrogen-bond donors (Lipinski definition) is 2. The first-order valence-electron chi connectivity index (χ1n) is 10.7. The summed E-state index contributed by atoms with van der Waals surface area (Å²) < 4.78 is 5.43. The molecule has 2 aliphatic carbocycles. The van der Waals surface area contributed by atoms with E-state index in [2.05, 4.69) is 27.3 Å². The number of aromatic nitrogens is 4. The number of aryl methyl sites for hydroxylation is 2. The molecule has 2 saturated carbocycles. The molecule has 152 valence electrons. The number of hydrogen-bond acceptors (Lipinski definition) is 5. The predicted molar refractivity (Wildman–Crippen MR) is 113 cm³/mol. The fourth-order valence-electron chi connectivity index (χ4n) is 4.67. The Bertz CT molecular complexity index is 1230. The van der Waals surface area contributed by atoms with Crippen molar-refractivity contribution < 1.29 is 9.63 Å². The Hall–Kier alpha value is -2.99. The van der Waals surface area contributed by atoms with E-state index in [1.54, 1.807) is 6.20 Å². The van der Waals surface area contributed by atoms with Crippen LogP contribution in [0.2, 0.25) is 0 Å². The van der Waals surface area contributed by atoms with Crippen molar-refractivity contribution in [1.82, 2.24) is 20.1 Å². The van der Waals surface area contributed by atoms with Gasteiger partial charge in [0.25, 0.3) is 0 Å². The maximum absolute atomic E-state index is 12.2. The molecule has 2 fully saturated rings. The van der Waals surface area contributed by atoms with Crippen molar-refractivity contribution in [3.63, 3.8) is 0 Å². The van der Waals surface area contributed by atoms with Crippen molar-refractivity contribution in [3.8, 4) is 11.1 Å². The van der Waals surface area contributed by atoms with Crippen LogP contribution in [-0.2, 0) is 5.60 Å². The molecule has 2 aliphatic rings. The predicted octanol–water partition coefficient (Wildman–Crippen LogP) is 4.75. The van der Waals surface area contributed by atoms with Crippen LogP contribution in [0, 0.1) is 19.8 Å². The number of H-pyrrole nitrogens is 1. The first-order chi connectivity index (χ1) is 14.6. The van der Waals surface area contributed by atoms with Crippen molar-refractivity contribution in [3.05, 3.63) is 65.1 Å². The number of fused-ring (bicyclic) bond motifs is 1. The molecular formula is C24H24N4O2. The Labute approximate surface area is 174 Å². The van der Waals surface area contributed by atoms with Crippen LogP contribution in [0.1, 0.15) is 60.1 Å². The monoisotopic (exact) mass is 400 g/mol. The van der Waals surface area contributed by atoms with E-state index in [1.165, 1.54) is 12.8 Å². The largest absolute Gasteiger partial charge is 0.378 e. The summed E-state index contributed by atoms with van der Waals surface area (Å²) in [4.78, 5) is 13.0. The van der Waals surface area contributed by atoms with Crippen molar-refractivity contribution >= 4 is 11.0 Å². The average Bonchev–Trinajstić information content (AvgIpc) is 3.68. The first kappa shape index (κ1) is 17.8.